The molecular weight excluding hydrogens is 348 g/mol. The van der Waals surface area contributed by atoms with Crippen LogP contribution in [-0.2, 0) is 33.4 Å². The van der Waals surface area contributed by atoms with Crippen molar-refractivity contribution in [2.24, 2.45) is 11.3 Å². The first-order chi connectivity index (χ1) is 11.6. The second-order valence-electron chi connectivity index (χ2n) is 6.38. The summed E-state index contributed by atoms with van der Waals surface area (Å²) in [6, 6.07) is 6.33. The molecule has 2 atom stereocenters. The van der Waals surface area contributed by atoms with E-state index < -0.39 is 27.5 Å². The standard InChI is InChI=1S/C17H22O7S/c1-12-4-6-16(7-5-12)25(20,21)24-11-17(10-23-14(3)19)8-15(17)9-22-13(2)18/h4-7,15H,8-11H2,1-3H3/t15-,17+/m0/s1. The molecule has 0 aliphatic heterocycles. The van der Waals surface area contributed by atoms with Crippen molar-refractivity contribution in [3.05, 3.63) is 29.8 Å². The zero-order valence-electron chi connectivity index (χ0n) is 14.5. The molecule has 1 fully saturated rings. The fourth-order valence-electron chi connectivity index (χ4n) is 2.49. The van der Waals surface area contributed by atoms with E-state index in [4.69, 9.17) is 13.7 Å². The van der Waals surface area contributed by atoms with Gasteiger partial charge in [0.25, 0.3) is 10.1 Å². The van der Waals surface area contributed by atoms with E-state index in [1.54, 1.807) is 12.1 Å². The molecule has 8 heteroatoms. The predicted molar refractivity (Wildman–Crippen MR) is 88.1 cm³/mol. The minimum absolute atomic E-state index is 0.0255. The van der Waals surface area contributed by atoms with Crippen molar-refractivity contribution < 1.29 is 31.7 Å². The van der Waals surface area contributed by atoms with Gasteiger partial charge >= 0.3 is 11.9 Å². The average Bonchev–Trinajstić information content (AvgIpc) is 3.23. The smallest absolute Gasteiger partial charge is 0.302 e. The van der Waals surface area contributed by atoms with Crippen LogP contribution in [0.3, 0.4) is 0 Å². The SMILES string of the molecule is CC(=O)OC[C@@H]1C[C@@]1(COC(C)=O)COS(=O)(=O)c1ccc(C)cc1. The number of ether oxygens (including phenoxy) is 2. The Morgan fingerprint density at radius 2 is 1.68 bits per heavy atom. The summed E-state index contributed by atoms with van der Waals surface area (Å²) < 4.78 is 39.8. The van der Waals surface area contributed by atoms with Crippen molar-refractivity contribution in [1.82, 2.24) is 0 Å². The average molecular weight is 370 g/mol. The molecule has 0 unspecified atom stereocenters. The van der Waals surface area contributed by atoms with E-state index in [2.05, 4.69) is 0 Å². The molecule has 138 valence electrons. The Balaban J connectivity index is 2.03. The van der Waals surface area contributed by atoms with Crippen LogP contribution >= 0.6 is 0 Å². The Hall–Kier alpha value is -1.93. The van der Waals surface area contributed by atoms with Gasteiger partial charge in [0.1, 0.15) is 0 Å². The van der Waals surface area contributed by atoms with Gasteiger partial charge in [-0.2, -0.15) is 8.42 Å². The van der Waals surface area contributed by atoms with Gasteiger partial charge in [-0.3, -0.25) is 13.8 Å². The molecule has 0 radical (unpaired) electrons. The lowest BCUT2D eigenvalue weighted by atomic mass is 10.1. The van der Waals surface area contributed by atoms with Gasteiger partial charge in [-0.1, -0.05) is 17.7 Å². The third-order valence-corrected chi connectivity index (χ3v) is 5.50. The van der Waals surface area contributed by atoms with Gasteiger partial charge in [-0.25, -0.2) is 0 Å². The minimum atomic E-state index is -3.91. The summed E-state index contributed by atoms with van der Waals surface area (Å²) in [5, 5.41) is 0. The monoisotopic (exact) mass is 370 g/mol. The maximum absolute atomic E-state index is 12.3. The van der Waals surface area contributed by atoms with Crippen molar-refractivity contribution >= 4 is 22.1 Å². The van der Waals surface area contributed by atoms with Crippen LogP contribution in [0.4, 0.5) is 0 Å². The molecule has 0 aromatic heterocycles. The molecule has 1 aliphatic rings. The predicted octanol–water partition coefficient (Wildman–Crippen LogP) is 1.83. The van der Waals surface area contributed by atoms with E-state index in [1.807, 2.05) is 6.92 Å². The summed E-state index contributed by atoms with van der Waals surface area (Å²) in [6.07, 6.45) is 0.553. The molecule has 1 aliphatic carbocycles. The quantitative estimate of drug-likeness (QED) is 0.509. The number of rotatable bonds is 8. The lowest BCUT2D eigenvalue weighted by Crippen LogP contribution is -2.25. The van der Waals surface area contributed by atoms with Gasteiger partial charge in [0, 0.05) is 25.2 Å². The number of esters is 2. The molecule has 0 spiro atoms. The summed E-state index contributed by atoms with van der Waals surface area (Å²) in [5.41, 5.74) is 0.285. The summed E-state index contributed by atoms with van der Waals surface area (Å²) in [4.78, 5) is 22.1. The molecule has 2 rings (SSSR count). The third-order valence-electron chi connectivity index (χ3n) is 4.22. The first kappa shape index (κ1) is 19.4. The van der Waals surface area contributed by atoms with E-state index in [0.29, 0.717) is 6.42 Å². The van der Waals surface area contributed by atoms with Gasteiger partial charge in [-0.05, 0) is 25.5 Å². The highest BCUT2D eigenvalue weighted by Gasteiger charge is 2.56. The molecule has 1 saturated carbocycles. The molecule has 0 bridgehead atoms. The zero-order chi connectivity index (χ0) is 18.7. The fourth-order valence-corrected chi connectivity index (χ4v) is 3.49. The minimum Gasteiger partial charge on any atom is -0.466 e. The largest absolute Gasteiger partial charge is 0.466 e. The van der Waals surface area contributed by atoms with Gasteiger partial charge < -0.3 is 9.47 Å². The molecule has 7 nitrogen and oxygen atoms in total. The number of benzene rings is 1. The lowest BCUT2D eigenvalue weighted by Gasteiger charge is -2.17. The van der Waals surface area contributed by atoms with Crippen molar-refractivity contribution in [2.45, 2.75) is 32.1 Å². The van der Waals surface area contributed by atoms with Crippen molar-refractivity contribution in [2.75, 3.05) is 19.8 Å². The normalized spacial score (nSPS) is 22.3. The Kier molecular flexibility index (Phi) is 5.84. The lowest BCUT2D eigenvalue weighted by molar-refractivity contribution is -0.145. The number of hydrogen-bond acceptors (Lipinski definition) is 7. The molecule has 1 aromatic rings. The van der Waals surface area contributed by atoms with Crippen LogP contribution < -0.4 is 0 Å². The van der Waals surface area contributed by atoms with Gasteiger partial charge in [0.2, 0.25) is 0 Å². The Labute approximate surface area is 147 Å². The van der Waals surface area contributed by atoms with Crippen LogP contribution in [0.5, 0.6) is 0 Å². The van der Waals surface area contributed by atoms with E-state index in [9.17, 15) is 18.0 Å². The molecule has 1 aromatic carbocycles. The summed E-state index contributed by atoms with van der Waals surface area (Å²) >= 11 is 0. The number of aryl methyl sites for hydroxylation is 1. The molecule has 25 heavy (non-hydrogen) atoms. The Morgan fingerprint density at radius 3 is 2.24 bits per heavy atom. The molecule has 0 saturated heterocycles. The first-order valence-corrected chi connectivity index (χ1v) is 9.28. The topological polar surface area (TPSA) is 96.0 Å². The second kappa shape index (κ2) is 7.53. The van der Waals surface area contributed by atoms with Crippen LogP contribution in [0.1, 0.15) is 25.8 Å². The van der Waals surface area contributed by atoms with Gasteiger partial charge in [0.05, 0.1) is 24.7 Å². The van der Waals surface area contributed by atoms with Crippen LogP contribution in [0, 0.1) is 18.3 Å². The van der Waals surface area contributed by atoms with Crippen molar-refractivity contribution in [1.29, 1.82) is 0 Å². The van der Waals surface area contributed by atoms with Crippen LogP contribution in [0.15, 0.2) is 29.2 Å². The van der Waals surface area contributed by atoms with Crippen molar-refractivity contribution in [3.63, 3.8) is 0 Å². The second-order valence-corrected chi connectivity index (χ2v) is 7.99. The molecule has 0 amide bonds. The first-order valence-electron chi connectivity index (χ1n) is 7.87. The molecule has 0 N–H and O–H groups in total. The van der Waals surface area contributed by atoms with Gasteiger partial charge in [-0.15, -0.1) is 0 Å². The number of hydrogen-bond donors (Lipinski definition) is 0. The highest BCUT2D eigenvalue weighted by atomic mass is 32.2. The van der Waals surface area contributed by atoms with Crippen LogP contribution in [0.25, 0.3) is 0 Å². The zero-order valence-corrected chi connectivity index (χ0v) is 15.3. The summed E-state index contributed by atoms with van der Waals surface area (Å²) in [6.45, 7) is 4.47. The highest BCUT2D eigenvalue weighted by molar-refractivity contribution is 7.86. The van der Waals surface area contributed by atoms with Crippen molar-refractivity contribution in [3.8, 4) is 0 Å². The molecule has 0 heterocycles. The Bertz CT molecular complexity index is 739. The Morgan fingerprint density at radius 1 is 1.08 bits per heavy atom. The van der Waals surface area contributed by atoms with Crippen LogP contribution in [-0.4, -0.2) is 40.2 Å². The number of carbonyl (C=O) groups excluding carboxylic acids is 2. The maximum Gasteiger partial charge on any atom is 0.302 e. The van der Waals surface area contributed by atoms with E-state index in [-0.39, 0.29) is 30.6 Å². The molecular formula is C17H22O7S. The third kappa shape index (κ3) is 5.27. The summed E-state index contributed by atoms with van der Waals surface area (Å²) in [7, 11) is -3.91. The summed E-state index contributed by atoms with van der Waals surface area (Å²) in [5.74, 6) is -0.982. The van der Waals surface area contributed by atoms with Gasteiger partial charge in [0.15, 0.2) is 0 Å². The highest BCUT2D eigenvalue weighted by Crippen LogP contribution is 2.53. The maximum atomic E-state index is 12.3. The van der Waals surface area contributed by atoms with E-state index in [0.717, 1.165) is 5.56 Å². The fraction of sp³-hybridized carbons (Fsp3) is 0.529. The van der Waals surface area contributed by atoms with E-state index >= 15 is 0 Å². The van der Waals surface area contributed by atoms with Crippen LogP contribution in [0.2, 0.25) is 0 Å². The van der Waals surface area contributed by atoms with E-state index in [1.165, 1.54) is 26.0 Å². The number of carbonyl (C=O) groups is 2.